The molecule has 0 aromatic heterocycles. The van der Waals surface area contributed by atoms with Crippen molar-refractivity contribution < 1.29 is 14.2 Å². The molecule has 5 heteroatoms. The van der Waals surface area contributed by atoms with Gasteiger partial charge < -0.3 is 9.84 Å². The summed E-state index contributed by atoms with van der Waals surface area (Å²) >= 11 is 5.27. The summed E-state index contributed by atoms with van der Waals surface area (Å²) in [5, 5.41) is 10.7. The number of halogens is 2. The van der Waals surface area contributed by atoms with Crippen molar-refractivity contribution in [3.05, 3.63) is 34.1 Å². The van der Waals surface area contributed by atoms with Crippen molar-refractivity contribution in [3.63, 3.8) is 0 Å². The summed E-state index contributed by atoms with van der Waals surface area (Å²) in [4.78, 5) is 0. The van der Waals surface area contributed by atoms with E-state index in [-0.39, 0.29) is 17.3 Å². The standard InChI is InChI=1S/C16H20BrFO2S/c17-13-7-12(8-14(18)9-13)15(19)11-1-4-20-16(10-11)2-5-21-6-3-16/h7-9,11,15,19H,1-6,10H2. The van der Waals surface area contributed by atoms with Crippen molar-refractivity contribution in [1.82, 2.24) is 0 Å². The van der Waals surface area contributed by atoms with Gasteiger partial charge in [0.2, 0.25) is 0 Å². The molecule has 0 aliphatic carbocycles. The van der Waals surface area contributed by atoms with E-state index in [1.165, 1.54) is 12.1 Å². The second kappa shape index (κ2) is 6.57. The Hall–Kier alpha value is -0.100. The zero-order chi connectivity index (χ0) is 14.9. The van der Waals surface area contributed by atoms with Gasteiger partial charge in [-0.25, -0.2) is 4.39 Å². The third-order valence-electron chi connectivity index (χ3n) is 4.61. The normalized spacial score (nSPS) is 26.7. The van der Waals surface area contributed by atoms with Crippen LogP contribution in [0.3, 0.4) is 0 Å². The smallest absolute Gasteiger partial charge is 0.124 e. The van der Waals surface area contributed by atoms with Crippen LogP contribution in [0.15, 0.2) is 22.7 Å². The van der Waals surface area contributed by atoms with E-state index >= 15 is 0 Å². The summed E-state index contributed by atoms with van der Waals surface area (Å²) in [5.41, 5.74) is 0.605. The Morgan fingerprint density at radius 1 is 1.33 bits per heavy atom. The second-order valence-corrected chi connectivity index (χ2v) is 8.18. The highest BCUT2D eigenvalue weighted by atomic mass is 79.9. The van der Waals surface area contributed by atoms with Gasteiger partial charge in [0, 0.05) is 11.1 Å². The summed E-state index contributed by atoms with van der Waals surface area (Å²) in [5.74, 6) is 2.10. The molecule has 0 radical (unpaired) electrons. The minimum absolute atomic E-state index is 0.0558. The van der Waals surface area contributed by atoms with Crippen molar-refractivity contribution in [2.24, 2.45) is 5.92 Å². The molecular weight excluding hydrogens is 355 g/mol. The average Bonchev–Trinajstić information content (AvgIpc) is 2.46. The Morgan fingerprint density at radius 3 is 2.81 bits per heavy atom. The minimum atomic E-state index is -0.618. The lowest BCUT2D eigenvalue weighted by atomic mass is 9.78. The van der Waals surface area contributed by atoms with Crippen molar-refractivity contribution in [3.8, 4) is 0 Å². The largest absolute Gasteiger partial charge is 0.388 e. The van der Waals surface area contributed by atoms with Crippen molar-refractivity contribution >= 4 is 27.7 Å². The molecule has 0 amide bonds. The molecule has 2 fully saturated rings. The summed E-state index contributed by atoms with van der Waals surface area (Å²) in [6, 6.07) is 4.67. The molecule has 2 nitrogen and oxygen atoms in total. The minimum Gasteiger partial charge on any atom is -0.388 e. The van der Waals surface area contributed by atoms with Crippen molar-refractivity contribution in [1.29, 1.82) is 0 Å². The molecule has 2 unspecified atom stereocenters. The van der Waals surface area contributed by atoms with E-state index < -0.39 is 6.10 Å². The lowest BCUT2D eigenvalue weighted by Crippen LogP contribution is -2.44. The molecular formula is C16H20BrFO2S. The molecule has 2 saturated heterocycles. The van der Waals surface area contributed by atoms with Gasteiger partial charge in [0.1, 0.15) is 5.82 Å². The van der Waals surface area contributed by atoms with Gasteiger partial charge >= 0.3 is 0 Å². The molecule has 1 N–H and O–H groups in total. The fraction of sp³-hybridized carbons (Fsp3) is 0.625. The second-order valence-electron chi connectivity index (χ2n) is 6.04. The molecule has 1 spiro atoms. The first-order valence-corrected chi connectivity index (χ1v) is 9.39. The Kier molecular flexibility index (Phi) is 4.94. The fourth-order valence-electron chi connectivity index (χ4n) is 3.45. The highest BCUT2D eigenvalue weighted by Gasteiger charge is 2.41. The number of aliphatic hydroxyl groups is 1. The first-order valence-electron chi connectivity index (χ1n) is 7.44. The van der Waals surface area contributed by atoms with Gasteiger partial charge in [-0.05, 0) is 66.9 Å². The number of hydrogen-bond donors (Lipinski definition) is 1. The number of ether oxygens (including phenoxy) is 1. The summed E-state index contributed by atoms with van der Waals surface area (Å²) in [6.07, 6.45) is 3.22. The quantitative estimate of drug-likeness (QED) is 0.835. The predicted molar refractivity (Wildman–Crippen MR) is 87.0 cm³/mol. The van der Waals surface area contributed by atoms with Crippen LogP contribution in [0.5, 0.6) is 0 Å². The van der Waals surface area contributed by atoms with E-state index in [2.05, 4.69) is 15.9 Å². The van der Waals surface area contributed by atoms with E-state index in [1.54, 1.807) is 0 Å². The Morgan fingerprint density at radius 2 is 2.10 bits per heavy atom. The third kappa shape index (κ3) is 3.63. The summed E-state index contributed by atoms with van der Waals surface area (Å²) in [7, 11) is 0. The van der Waals surface area contributed by atoms with Gasteiger partial charge in [-0.15, -0.1) is 0 Å². The molecule has 2 heterocycles. The zero-order valence-corrected chi connectivity index (χ0v) is 14.3. The van der Waals surface area contributed by atoms with Gasteiger partial charge in [-0.1, -0.05) is 15.9 Å². The van der Waals surface area contributed by atoms with Crippen molar-refractivity contribution in [2.75, 3.05) is 18.1 Å². The molecule has 1 aromatic rings. The molecule has 1 aromatic carbocycles. The van der Waals surface area contributed by atoms with Crippen LogP contribution in [0.2, 0.25) is 0 Å². The lowest BCUT2D eigenvalue weighted by Gasteiger charge is -2.44. The SMILES string of the molecule is OC(c1cc(F)cc(Br)c1)C1CCOC2(CCSCC2)C1. The summed E-state index contributed by atoms with van der Waals surface area (Å²) in [6.45, 7) is 0.697. The molecule has 3 rings (SSSR count). The lowest BCUT2D eigenvalue weighted by molar-refractivity contribution is -0.121. The third-order valence-corrected chi connectivity index (χ3v) is 6.05. The first-order chi connectivity index (χ1) is 10.1. The number of rotatable bonds is 2. The monoisotopic (exact) mass is 374 g/mol. The Balaban J connectivity index is 1.76. The van der Waals surface area contributed by atoms with E-state index in [0.29, 0.717) is 16.6 Å². The van der Waals surface area contributed by atoms with Crippen LogP contribution in [0, 0.1) is 11.7 Å². The molecule has 2 aliphatic rings. The molecule has 116 valence electrons. The van der Waals surface area contributed by atoms with Gasteiger partial charge in [-0.2, -0.15) is 11.8 Å². The summed E-state index contributed by atoms with van der Waals surface area (Å²) < 4.78 is 20.3. The first kappa shape index (κ1) is 15.8. The van der Waals surface area contributed by atoms with Crippen LogP contribution >= 0.6 is 27.7 Å². The highest BCUT2D eigenvalue weighted by Crippen LogP contribution is 2.43. The van der Waals surface area contributed by atoms with Gasteiger partial charge in [-0.3, -0.25) is 0 Å². The van der Waals surface area contributed by atoms with Crippen LogP contribution in [-0.4, -0.2) is 28.8 Å². The number of benzene rings is 1. The maximum absolute atomic E-state index is 13.5. The van der Waals surface area contributed by atoms with Crippen LogP contribution < -0.4 is 0 Å². The molecule has 21 heavy (non-hydrogen) atoms. The molecule has 2 atom stereocenters. The average molecular weight is 375 g/mol. The van der Waals surface area contributed by atoms with Crippen LogP contribution in [-0.2, 0) is 4.74 Å². The fourth-order valence-corrected chi connectivity index (χ4v) is 5.16. The molecule has 2 aliphatic heterocycles. The van der Waals surface area contributed by atoms with Gasteiger partial charge in [0.05, 0.1) is 11.7 Å². The Bertz CT molecular complexity index is 479. The topological polar surface area (TPSA) is 29.5 Å². The highest BCUT2D eigenvalue weighted by molar-refractivity contribution is 9.10. The van der Waals surface area contributed by atoms with Gasteiger partial charge in [0.15, 0.2) is 0 Å². The molecule has 0 bridgehead atoms. The zero-order valence-electron chi connectivity index (χ0n) is 11.9. The van der Waals surface area contributed by atoms with Crippen molar-refractivity contribution in [2.45, 2.75) is 37.4 Å². The van der Waals surface area contributed by atoms with Crippen LogP contribution in [0.25, 0.3) is 0 Å². The molecule has 0 saturated carbocycles. The van der Waals surface area contributed by atoms with Crippen LogP contribution in [0.4, 0.5) is 4.39 Å². The van der Waals surface area contributed by atoms with Crippen LogP contribution in [0.1, 0.15) is 37.4 Å². The van der Waals surface area contributed by atoms with E-state index in [0.717, 1.165) is 37.2 Å². The van der Waals surface area contributed by atoms with E-state index in [4.69, 9.17) is 4.74 Å². The maximum atomic E-state index is 13.5. The predicted octanol–water partition coefficient (Wildman–Crippen LogP) is 4.31. The van der Waals surface area contributed by atoms with E-state index in [1.807, 2.05) is 17.8 Å². The number of hydrogen-bond acceptors (Lipinski definition) is 3. The van der Waals surface area contributed by atoms with E-state index in [9.17, 15) is 9.50 Å². The Labute approximate surface area is 137 Å². The number of thioether (sulfide) groups is 1. The maximum Gasteiger partial charge on any atom is 0.124 e. The van der Waals surface area contributed by atoms with Gasteiger partial charge in [0.25, 0.3) is 0 Å². The number of aliphatic hydroxyl groups excluding tert-OH is 1.